The fourth-order valence-electron chi connectivity index (χ4n) is 2.11. The van der Waals surface area contributed by atoms with Crippen LogP contribution in [0.5, 0.6) is 0 Å². The van der Waals surface area contributed by atoms with Crippen LogP contribution >= 0.6 is 11.6 Å². The first-order chi connectivity index (χ1) is 12.5. The maximum atomic E-state index is 12.3. The molecule has 0 saturated heterocycles. The maximum Gasteiger partial charge on any atom is 0.329 e. The fourth-order valence-corrected chi connectivity index (χ4v) is 2.24. The molecule has 2 amide bonds. The van der Waals surface area contributed by atoms with Gasteiger partial charge in [0.25, 0.3) is 0 Å². The number of halogens is 1. The first-order valence-electron chi connectivity index (χ1n) is 7.45. The number of amides is 2. The van der Waals surface area contributed by atoms with Crippen LogP contribution in [-0.4, -0.2) is 18.0 Å². The van der Waals surface area contributed by atoms with Crippen LogP contribution < -0.4 is 16.2 Å². The summed E-state index contributed by atoms with van der Waals surface area (Å²) >= 11 is 5.74. The fraction of sp³-hybridized carbons (Fsp3) is 0. The van der Waals surface area contributed by atoms with E-state index >= 15 is 0 Å². The number of hydrogen-bond donors (Lipinski definition) is 2. The molecule has 2 aromatic carbocycles. The molecule has 1 aromatic heterocycles. The number of fused-ring (bicyclic) bond motifs is 1. The summed E-state index contributed by atoms with van der Waals surface area (Å²) in [5, 5.41) is 6.91. The van der Waals surface area contributed by atoms with Crippen LogP contribution in [0.15, 0.2) is 69.1 Å². The summed E-state index contributed by atoms with van der Waals surface area (Å²) in [4.78, 5) is 35.8. The Balaban J connectivity index is 1.65. The second-order valence-corrected chi connectivity index (χ2v) is 5.61. The second kappa shape index (κ2) is 7.62. The van der Waals surface area contributed by atoms with Gasteiger partial charge in [0.2, 0.25) is 5.43 Å². The lowest BCUT2D eigenvalue weighted by molar-refractivity contribution is -0.136. The van der Waals surface area contributed by atoms with Crippen molar-refractivity contribution in [1.29, 1.82) is 0 Å². The molecule has 0 aliphatic rings. The standard InChI is InChI=1S/C18H12ClN3O4/c19-12-5-7-13(8-6-12)21-17(24)18(25)22-20-9-11-10-26-15-4-2-1-3-14(15)16(11)23/h1-10H,(H,21,24)(H,22,25). The van der Waals surface area contributed by atoms with E-state index in [0.717, 1.165) is 6.21 Å². The van der Waals surface area contributed by atoms with Gasteiger partial charge in [0, 0.05) is 10.7 Å². The van der Waals surface area contributed by atoms with Crippen molar-refractivity contribution in [1.82, 2.24) is 5.43 Å². The van der Waals surface area contributed by atoms with Gasteiger partial charge in [0.1, 0.15) is 11.8 Å². The highest BCUT2D eigenvalue weighted by Crippen LogP contribution is 2.13. The molecule has 0 aliphatic heterocycles. The normalized spacial score (nSPS) is 10.8. The van der Waals surface area contributed by atoms with Crippen LogP contribution in [0.1, 0.15) is 5.56 Å². The molecule has 2 N–H and O–H groups in total. The van der Waals surface area contributed by atoms with E-state index in [1.54, 1.807) is 48.5 Å². The van der Waals surface area contributed by atoms with Crippen molar-refractivity contribution in [2.24, 2.45) is 5.10 Å². The van der Waals surface area contributed by atoms with Crippen molar-refractivity contribution < 1.29 is 14.0 Å². The number of para-hydroxylation sites is 1. The molecule has 0 aliphatic carbocycles. The summed E-state index contributed by atoms with van der Waals surface area (Å²) < 4.78 is 5.32. The smallest absolute Gasteiger partial charge is 0.329 e. The van der Waals surface area contributed by atoms with E-state index in [1.165, 1.54) is 6.26 Å². The van der Waals surface area contributed by atoms with E-state index in [-0.39, 0.29) is 11.0 Å². The highest BCUT2D eigenvalue weighted by molar-refractivity contribution is 6.39. The molecule has 1 heterocycles. The number of hydrazone groups is 1. The average molecular weight is 370 g/mol. The van der Waals surface area contributed by atoms with Gasteiger partial charge in [-0.05, 0) is 36.4 Å². The second-order valence-electron chi connectivity index (χ2n) is 5.18. The average Bonchev–Trinajstić information content (AvgIpc) is 2.65. The number of benzene rings is 2. The Hall–Kier alpha value is -3.45. The highest BCUT2D eigenvalue weighted by Gasteiger charge is 2.13. The minimum Gasteiger partial charge on any atom is -0.463 e. The quantitative estimate of drug-likeness (QED) is 0.421. The maximum absolute atomic E-state index is 12.3. The molecule has 8 heteroatoms. The Kier molecular flexibility index (Phi) is 5.09. The zero-order chi connectivity index (χ0) is 18.5. The predicted molar refractivity (Wildman–Crippen MR) is 98.3 cm³/mol. The Morgan fingerprint density at radius 3 is 2.54 bits per heavy atom. The molecule has 3 rings (SSSR count). The van der Waals surface area contributed by atoms with E-state index in [9.17, 15) is 14.4 Å². The summed E-state index contributed by atoms with van der Waals surface area (Å²) in [6, 6.07) is 13.0. The lowest BCUT2D eigenvalue weighted by atomic mass is 10.2. The van der Waals surface area contributed by atoms with Gasteiger partial charge in [-0.25, -0.2) is 5.43 Å². The lowest BCUT2D eigenvalue weighted by Crippen LogP contribution is -2.32. The number of carbonyl (C=O) groups is 2. The van der Waals surface area contributed by atoms with E-state index < -0.39 is 11.8 Å². The van der Waals surface area contributed by atoms with Gasteiger partial charge in [-0.2, -0.15) is 5.10 Å². The first kappa shape index (κ1) is 17.4. The summed E-state index contributed by atoms with van der Waals surface area (Å²) in [5.74, 6) is -1.89. The lowest BCUT2D eigenvalue weighted by Gasteiger charge is -2.03. The van der Waals surface area contributed by atoms with Gasteiger partial charge >= 0.3 is 11.8 Å². The van der Waals surface area contributed by atoms with Crippen molar-refractivity contribution in [3.63, 3.8) is 0 Å². The van der Waals surface area contributed by atoms with Gasteiger partial charge in [-0.1, -0.05) is 23.7 Å². The minimum absolute atomic E-state index is 0.141. The van der Waals surface area contributed by atoms with E-state index in [4.69, 9.17) is 16.0 Å². The Morgan fingerprint density at radius 2 is 1.77 bits per heavy atom. The number of nitrogens with zero attached hydrogens (tertiary/aromatic N) is 1. The molecular weight excluding hydrogens is 358 g/mol. The number of hydrogen-bond acceptors (Lipinski definition) is 5. The van der Waals surface area contributed by atoms with Gasteiger partial charge in [0.05, 0.1) is 17.2 Å². The van der Waals surface area contributed by atoms with Crippen molar-refractivity contribution in [2.75, 3.05) is 5.32 Å². The molecule has 0 saturated carbocycles. The summed E-state index contributed by atoms with van der Waals surface area (Å²) in [5.41, 5.74) is 2.75. The molecule has 0 radical (unpaired) electrons. The molecule has 0 spiro atoms. The SMILES string of the molecule is O=C(NN=Cc1coc2ccccc2c1=O)C(=O)Nc1ccc(Cl)cc1. The van der Waals surface area contributed by atoms with E-state index in [0.29, 0.717) is 21.7 Å². The van der Waals surface area contributed by atoms with Crippen LogP contribution in [0.2, 0.25) is 5.02 Å². The third kappa shape index (κ3) is 3.96. The Labute approximate surface area is 152 Å². The van der Waals surface area contributed by atoms with Crippen molar-refractivity contribution in [2.45, 2.75) is 0 Å². The summed E-state index contributed by atoms with van der Waals surface area (Å²) in [6.45, 7) is 0. The van der Waals surface area contributed by atoms with E-state index in [2.05, 4.69) is 10.4 Å². The number of rotatable bonds is 3. The van der Waals surface area contributed by atoms with Crippen molar-refractivity contribution in [3.05, 3.63) is 75.6 Å². The molecular formula is C18H12ClN3O4. The monoisotopic (exact) mass is 369 g/mol. The third-order valence-electron chi connectivity index (χ3n) is 3.38. The topological polar surface area (TPSA) is 101 Å². The van der Waals surface area contributed by atoms with Crippen molar-refractivity contribution >= 4 is 46.3 Å². The number of anilines is 1. The van der Waals surface area contributed by atoms with E-state index in [1.807, 2.05) is 5.43 Å². The van der Waals surface area contributed by atoms with Crippen LogP contribution in [-0.2, 0) is 9.59 Å². The third-order valence-corrected chi connectivity index (χ3v) is 3.64. The molecule has 130 valence electrons. The first-order valence-corrected chi connectivity index (χ1v) is 7.83. The molecule has 0 atom stereocenters. The Morgan fingerprint density at radius 1 is 1.04 bits per heavy atom. The number of carbonyl (C=O) groups excluding carboxylic acids is 2. The van der Waals surface area contributed by atoms with Crippen LogP contribution in [0.4, 0.5) is 5.69 Å². The Bertz CT molecular complexity index is 1060. The molecule has 7 nitrogen and oxygen atoms in total. The highest BCUT2D eigenvalue weighted by atomic mass is 35.5. The van der Waals surface area contributed by atoms with Crippen molar-refractivity contribution in [3.8, 4) is 0 Å². The predicted octanol–water partition coefficient (Wildman–Crippen LogP) is 2.54. The van der Waals surface area contributed by atoms with Crippen LogP contribution in [0.25, 0.3) is 11.0 Å². The van der Waals surface area contributed by atoms with Gasteiger partial charge in [0.15, 0.2) is 0 Å². The number of nitrogens with one attached hydrogen (secondary N) is 2. The minimum atomic E-state index is -0.985. The molecule has 0 unspecified atom stereocenters. The zero-order valence-corrected chi connectivity index (χ0v) is 14.0. The molecule has 3 aromatic rings. The zero-order valence-electron chi connectivity index (χ0n) is 13.2. The summed E-state index contributed by atoms with van der Waals surface area (Å²) in [6.07, 6.45) is 2.35. The summed E-state index contributed by atoms with van der Waals surface area (Å²) in [7, 11) is 0. The largest absolute Gasteiger partial charge is 0.463 e. The van der Waals surface area contributed by atoms with Crippen LogP contribution in [0, 0.1) is 0 Å². The molecule has 26 heavy (non-hydrogen) atoms. The molecule has 0 bridgehead atoms. The van der Waals surface area contributed by atoms with Gasteiger partial charge in [-0.15, -0.1) is 0 Å². The van der Waals surface area contributed by atoms with Gasteiger partial charge < -0.3 is 9.73 Å². The van der Waals surface area contributed by atoms with Gasteiger partial charge in [-0.3, -0.25) is 14.4 Å². The van der Waals surface area contributed by atoms with Crippen LogP contribution in [0.3, 0.4) is 0 Å². The molecule has 0 fully saturated rings.